The molecular formula is C36H60N2O6S. The highest BCUT2D eigenvalue weighted by Crippen LogP contribution is 2.29. The monoisotopic (exact) mass is 648 g/mol. The fourth-order valence-corrected chi connectivity index (χ4v) is 7.59. The maximum absolute atomic E-state index is 14.0. The van der Waals surface area contributed by atoms with E-state index in [0.29, 0.717) is 55.9 Å². The van der Waals surface area contributed by atoms with Crippen molar-refractivity contribution >= 4 is 23.6 Å². The first-order chi connectivity index (χ1) is 21.7. The summed E-state index contributed by atoms with van der Waals surface area (Å²) in [5.74, 6) is 0.888. The fraction of sp³-hybridized carbons (Fsp3) is 0.778. The van der Waals surface area contributed by atoms with E-state index in [1.807, 2.05) is 49.1 Å². The second-order valence-electron chi connectivity index (χ2n) is 13.6. The smallest absolute Gasteiger partial charge is 0.252 e. The Balaban J connectivity index is 1.78. The Morgan fingerprint density at radius 2 is 1.71 bits per heavy atom. The summed E-state index contributed by atoms with van der Waals surface area (Å²) in [7, 11) is 1.70. The summed E-state index contributed by atoms with van der Waals surface area (Å²) in [6.45, 7) is 7.42. The number of hydrogen-bond acceptors (Lipinski definition) is 7. The number of amides is 2. The zero-order valence-corrected chi connectivity index (χ0v) is 29.0. The number of methoxy groups -OCH3 is 1. The number of unbranched alkanes of at least 4 members (excludes halogenated alkanes) is 1. The Morgan fingerprint density at radius 3 is 2.33 bits per heavy atom. The molecule has 0 unspecified atom stereocenters. The minimum absolute atomic E-state index is 0.0745. The molecule has 0 radical (unpaired) electrons. The Labute approximate surface area is 276 Å². The normalized spacial score (nSPS) is 20.0. The van der Waals surface area contributed by atoms with Gasteiger partial charge in [-0.3, -0.25) is 9.59 Å². The summed E-state index contributed by atoms with van der Waals surface area (Å²) in [4.78, 5) is 29.9. The molecule has 0 spiro atoms. The minimum Gasteiger partial charge on any atom is -0.390 e. The van der Waals surface area contributed by atoms with Crippen LogP contribution in [0, 0.1) is 11.8 Å². The van der Waals surface area contributed by atoms with E-state index in [9.17, 15) is 19.8 Å². The highest BCUT2D eigenvalue weighted by Gasteiger charge is 2.36. The molecule has 3 N–H and O–H groups in total. The minimum atomic E-state index is -1.07. The Morgan fingerprint density at radius 1 is 1.02 bits per heavy atom. The van der Waals surface area contributed by atoms with Gasteiger partial charge in [0.15, 0.2) is 0 Å². The fourth-order valence-electron chi connectivity index (χ4n) is 6.71. The number of hydrogen-bond donors (Lipinski definition) is 3. The van der Waals surface area contributed by atoms with Crippen molar-refractivity contribution in [2.75, 3.05) is 26.1 Å². The van der Waals surface area contributed by atoms with Crippen LogP contribution < -0.4 is 5.32 Å². The maximum Gasteiger partial charge on any atom is 0.252 e. The number of aliphatic hydroxyl groups excluding tert-OH is 2. The van der Waals surface area contributed by atoms with E-state index in [4.69, 9.17) is 9.47 Å². The molecule has 45 heavy (non-hydrogen) atoms. The highest BCUT2D eigenvalue weighted by atomic mass is 32.2. The van der Waals surface area contributed by atoms with Gasteiger partial charge in [0, 0.05) is 31.9 Å². The number of benzene rings is 1. The van der Waals surface area contributed by atoms with Gasteiger partial charge in [0.25, 0.3) is 5.91 Å². The van der Waals surface area contributed by atoms with Gasteiger partial charge < -0.3 is 29.9 Å². The molecule has 0 bridgehead atoms. The predicted molar refractivity (Wildman–Crippen MR) is 182 cm³/mol. The Kier molecular flexibility index (Phi) is 17.3. The molecule has 2 fully saturated rings. The summed E-state index contributed by atoms with van der Waals surface area (Å²) in [6.07, 6.45) is 7.48. The van der Waals surface area contributed by atoms with E-state index in [0.717, 1.165) is 56.9 Å². The molecule has 3 rings (SSSR count). The standard InChI is InChI=1S/C36H60N2O6S/c1-5-6-17-32(35(41)37-30(23-27-13-9-7-10-14-27)34(40)31(39)22-26(2)3)44-33(24-28-15-11-8-12-16-28)36(42)38-20-18-29(19-21-38)45-25-43-4/h8,11-12,15-16,26-27,29-34,39-40H,5-7,9-10,13-14,17-25H2,1-4H3,(H,37,41)/t30-,31-,32-,33-,34+/m0/s1. The van der Waals surface area contributed by atoms with Crippen LogP contribution in [-0.4, -0.2) is 88.8 Å². The van der Waals surface area contributed by atoms with Gasteiger partial charge in [0.05, 0.1) is 18.1 Å². The molecule has 2 amide bonds. The van der Waals surface area contributed by atoms with Gasteiger partial charge in [-0.15, -0.1) is 11.8 Å². The number of piperidine rings is 1. The molecule has 256 valence electrons. The molecule has 1 saturated carbocycles. The average Bonchev–Trinajstić information content (AvgIpc) is 3.05. The molecule has 8 nitrogen and oxygen atoms in total. The average molecular weight is 649 g/mol. The first-order valence-corrected chi connectivity index (χ1v) is 18.5. The van der Waals surface area contributed by atoms with Crippen LogP contribution in [0.1, 0.15) is 103 Å². The Bertz CT molecular complexity index is 968. The lowest BCUT2D eigenvalue weighted by atomic mass is 9.82. The van der Waals surface area contributed by atoms with Crippen LogP contribution in [0.15, 0.2) is 30.3 Å². The second kappa shape index (κ2) is 20.6. The number of ether oxygens (including phenoxy) is 2. The summed E-state index contributed by atoms with van der Waals surface area (Å²) < 4.78 is 11.8. The van der Waals surface area contributed by atoms with E-state index >= 15 is 0 Å². The number of carbonyl (C=O) groups is 2. The summed E-state index contributed by atoms with van der Waals surface area (Å²) in [5.41, 5.74) is 0.985. The topological polar surface area (TPSA) is 108 Å². The SMILES string of the molecule is CCCC[C@H](O[C@@H](Cc1ccccc1)C(=O)N1CCC(SCOC)CC1)C(=O)N[C@@H](CC1CCCCC1)[C@@H](O)[C@@H](O)CC(C)C. The molecule has 1 saturated heterocycles. The quantitative estimate of drug-likeness (QED) is 0.165. The molecule has 1 aromatic rings. The number of nitrogens with zero attached hydrogens (tertiary/aromatic N) is 1. The largest absolute Gasteiger partial charge is 0.390 e. The lowest BCUT2D eigenvalue weighted by Gasteiger charge is -2.36. The van der Waals surface area contributed by atoms with Crippen LogP contribution in [0.5, 0.6) is 0 Å². The van der Waals surface area contributed by atoms with Crippen LogP contribution in [0.4, 0.5) is 0 Å². The number of likely N-dealkylation sites (tertiary alicyclic amines) is 1. The van der Waals surface area contributed by atoms with Crippen LogP contribution in [0.2, 0.25) is 0 Å². The van der Waals surface area contributed by atoms with Crippen molar-refractivity contribution in [3.8, 4) is 0 Å². The first kappa shape index (κ1) is 37.8. The second-order valence-corrected chi connectivity index (χ2v) is 14.8. The summed E-state index contributed by atoms with van der Waals surface area (Å²) >= 11 is 1.79. The van der Waals surface area contributed by atoms with E-state index in [-0.39, 0.29) is 17.7 Å². The van der Waals surface area contributed by atoms with Crippen molar-refractivity contribution in [1.82, 2.24) is 10.2 Å². The molecule has 1 aliphatic carbocycles. The zero-order valence-electron chi connectivity index (χ0n) is 28.2. The van der Waals surface area contributed by atoms with E-state index in [2.05, 4.69) is 12.2 Å². The van der Waals surface area contributed by atoms with Crippen molar-refractivity contribution < 1.29 is 29.3 Å². The van der Waals surface area contributed by atoms with Gasteiger partial charge in [-0.1, -0.05) is 96.0 Å². The van der Waals surface area contributed by atoms with Gasteiger partial charge >= 0.3 is 0 Å². The summed E-state index contributed by atoms with van der Waals surface area (Å²) in [5, 5.41) is 25.8. The third kappa shape index (κ3) is 13.2. The third-order valence-corrected chi connectivity index (χ3v) is 10.6. The van der Waals surface area contributed by atoms with Crippen molar-refractivity contribution in [1.29, 1.82) is 0 Å². The number of thioether (sulfide) groups is 1. The van der Waals surface area contributed by atoms with Crippen molar-refractivity contribution in [2.24, 2.45) is 11.8 Å². The van der Waals surface area contributed by atoms with Crippen LogP contribution >= 0.6 is 11.8 Å². The first-order valence-electron chi connectivity index (χ1n) is 17.5. The lowest BCUT2D eigenvalue weighted by molar-refractivity contribution is -0.155. The van der Waals surface area contributed by atoms with Crippen molar-refractivity contribution in [3.05, 3.63) is 35.9 Å². The number of carbonyl (C=O) groups excluding carboxylic acids is 2. The van der Waals surface area contributed by atoms with E-state index in [1.165, 1.54) is 6.42 Å². The molecule has 1 aliphatic heterocycles. The predicted octanol–water partition coefficient (Wildman–Crippen LogP) is 5.72. The van der Waals surface area contributed by atoms with E-state index < -0.39 is 30.5 Å². The molecule has 0 aromatic heterocycles. The molecule has 5 atom stereocenters. The van der Waals surface area contributed by atoms with Gasteiger partial charge in [0.1, 0.15) is 18.3 Å². The van der Waals surface area contributed by atoms with E-state index in [1.54, 1.807) is 18.9 Å². The van der Waals surface area contributed by atoms with Crippen LogP contribution in [0.25, 0.3) is 0 Å². The Hall–Kier alpha value is -1.65. The van der Waals surface area contributed by atoms with Crippen molar-refractivity contribution in [3.63, 3.8) is 0 Å². The van der Waals surface area contributed by atoms with Gasteiger partial charge in [-0.05, 0) is 49.5 Å². The molecule has 2 aliphatic rings. The number of nitrogens with one attached hydrogen (secondary N) is 1. The third-order valence-electron chi connectivity index (χ3n) is 9.31. The van der Waals surface area contributed by atoms with Crippen LogP contribution in [0.3, 0.4) is 0 Å². The maximum atomic E-state index is 14.0. The molecule has 1 heterocycles. The van der Waals surface area contributed by atoms with Gasteiger partial charge in [-0.25, -0.2) is 0 Å². The molecular weight excluding hydrogens is 588 g/mol. The lowest BCUT2D eigenvalue weighted by Crippen LogP contribution is -2.54. The number of rotatable bonds is 19. The molecule has 1 aromatic carbocycles. The summed E-state index contributed by atoms with van der Waals surface area (Å²) in [6, 6.07) is 9.27. The van der Waals surface area contributed by atoms with Crippen molar-refractivity contribution in [2.45, 2.75) is 140 Å². The molecule has 9 heteroatoms. The zero-order chi connectivity index (χ0) is 32.6. The highest BCUT2D eigenvalue weighted by molar-refractivity contribution is 7.99. The van der Waals surface area contributed by atoms with Gasteiger partial charge in [0.2, 0.25) is 5.91 Å². The van der Waals surface area contributed by atoms with Crippen LogP contribution in [-0.2, 0) is 25.5 Å². The van der Waals surface area contributed by atoms with Gasteiger partial charge in [-0.2, -0.15) is 0 Å². The number of aliphatic hydroxyl groups is 2.